The summed E-state index contributed by atoms with van der Waals surface area (Å²) < 4.78 is 0. The van der Waals surface area contributed by atoms with Gasteiger partial charge in [0.1, 0.15) is 0 Å². The highest BCUT2D eigenvalue weighted by molar-refractivity contribution is 6.23. The molecule has 2 aromatic rings. The van der Waals surface area contributed by atoms with Crippen molar-refractivity contribution < 1.29 is 29.3 Å². The van der Waals surface area contributed by atoms with E-state index in [1.54, 1.807) is 0 Å². The summed E-state index contributed by atoms with van der Waals surface area (Å²) in [6.45, 7) is 0. The Morgan fingerprint density at radius 1 is 0.500 bits per heavy atom. The van der Waals surface area contributed by atoms with Crippen LogP contribution in [0.2, 0.25) is 0 Å². The summed E-state index contributed by atoms with van der Waals surface area (Å²) in [5.41, 5.74) is -3.43. The first-order valence-electron chi connectivity index (χ1n) is 9.44. The second-order valence-corrected chi connectivity index (χ2v) is 6.85. The standard InChI is InChI=1S/C20H10N6O10/c27-19(11-5-15(23(29)30)9-16(6-11)24(31)32)21-13-1-2-14(4-3-13)22-20(28)12-7-17(25(33)34)10-18(8-12)26(35)36/h1-10H. The van der Waals surface area contributed by atoms with E-state index in [9.17, 15) is 50.0 Å². The Morgan fingerprint density at radius 3 is 0.972 bits per heavy atom. The summed E-state index contributed by atoms with van der Waals surface area (Å²) in [5.74, 6) is -2.02. The molecular formula is C20H10N6O10. The third-order valence-corrected chi connectivity index (χ3v) is 4.45. The molecule has 16 nitrogen and oxygen atoms in total. The lowest BCUT2D eigenvalue weighted by Crippen LogP contribution is -2.07. The summed E-state index contributed by atoms with van der Waals surface area (Å²) in [6, 6.07) is 4.72. The first-order chi connectivity index (χ1) is 16.9. The van der Waals surface area contributed by atoms with Crippen molar-refractivity contribution in [3.05, 3.63) is 112 Å². The SMILES string of the molecule is O=C(N=C1C=CC(=NC(=O)c2cc([N+](=O)[O-])cc([N+](=O)[O-])c2)C=C1)c1cc([N+](=O)[O-])cc([N+](=O)[O-])c1. The number of carbonyl (C=O) groups excluding carboxylic acids is 2. The van der Waals surface area contributed by atoms with Crippen LogP contribution in [0.3, 0.4) is 0 Å². The molecule has 0 aromatic heterocycles. The van der Waals surface area contributed by atoms with E-state index < -0.39 is 65.4 Å². The van der Waals surface area contributed by atoms with Crippen molar-refractivity contribution in [1.82, 2.24) is 0 Å². The summed E-state index contributed by atoms with van der Waals surface area (Å²) >= 11 is 0. The van der Waals surface area contributed by atoms with Crippen LogP contribution in [0.4, 0.5) is 22.7 Å². The first-order valence-corrected chi connectivity index (χ1v) is 9.44. The highest BCUT2D eigenvalue weighted by atomic mass is 16.6. The van der Waals surface area contributed by atoms with E-state index in [0.717, 1.165) is 24.3 Å². The number of carbonyl (C=O) groups is 2. The van der Waals surface area contributed by atoms with Gasteiger partial charge in [0.15, 0.2) is 0 Å². The normalized spacial score (nSPS) is 12.1. The summed E-state index contributed by atoms with van der Waals surface area (Å²) in [5, 5.41) is 43.9. The van der Waals surface area contributed by atoms with E-state index in [1.807, 2.05) is 0 Å². The van der Waals surface area contributed by atoms with Crippen molar-refractivity contribution in [3.63, 3.8) is 0 Å². The fraction of sp³-hybridized carbons (Fsp3) is 0. The van der Waals surface area contributed by atoms with Gasteiger partial charge in [-0.2, -0.15) is 0 Å². The smallest absolute Gasteiger partial charge is 0.267 e. The Balaban J connectivity index is 1.84. The molecular weight excluding hydrogens is 484 g/mol. The van der Waals surface area contributed by atoms with Crippen LogP contribution in [0.1, 0.15) is 20.7 Å². The monoisotopic (exact) mass is 494 g/mol. The number of nitro benzene ring substituents is 4. The fourth-order valence-corrected chi connectivity index (χ4v) is 2.82. The van der Waals surface area contributed by atoms with E-state index in [2.05, 4.69) is 9.98 Å². The molecule has 0 radical (unpaired) electrons. The van der Waals surface area contributed by atoms with E-state index >= 15 is 0 Å². The van der Waals surface area contributed by atoms with Crippen molar-refractivity contribution in [2.75, 3.05) is 0 Å². The molecule has 16 heteroatoms. The van der Waals surface area contributed by atoms with Gasteiger partial charge in [0, 0.05) is 24.3 Å². The lowest BCUT2D eigenvalue weighted by atomic mass is 10.1. The molecule has 36 heavy (non-hydrogen) atoms. The van der Waals surface area contributed by atoms with Crippen molar-refractivity contribution in [2.45, 2.75) is 0 Å². The van der Waals surface area contributed by atoms with E-state index in [0.29, 0.717) is 12.1 Å². The number of rotatable bonds is 6. The van der Waals surface area contributed by atoms with Gasteiger partial charge in [-0.25, -0.2) is 9.98 Å². The molecule has 2 aromatic carbocycles. The second kappa shape index (κ2) is 10.00. The molecule has 0 saturated heterocycles. The molecule has 0 unspecified atom stereocenters. The number of nitro groups is 4. The van der Waals surface area contributed by atoms with E-state index in [1.165, 1.54) is 24.3 Å². The number of hydrogen-bond donors (Lipinski definition) is 0. The number of amides is 2. The Labute approximate surface area is 198 Å². The van der Waals surface area contributed by atoms with Crippen molar-refractivity contribution in [1.29, 1.82) is 0 Å². The van der Waals surface area contributed by atoms with Gasteiger partial charge in [-0.3, -0.25) is 50.0 Å². The Bertz CT molecular complexity index is 1300. The fourth-order valence-electron chi connectivity index (χ4n) is 2.82. The molecule has 0 heterocycles. The molecule has 3 rings (SSSR count). The average Bonchev–Trinajstić information content (AvgIpc) is 2.84. The number of non-ortho nitro benzene ring substituents is 4. The van der Waals surface area contributed by atoms with Crippen LogP contribution < -0.4 is 0 Å². The minimum atomic E-state index is -1.01. The third kappa shape index (κ3) is 5.76. The zero-order valence-corrected chi connectivity index (χ0v) is 17.5. The van der Waals surface area contributed by atoms with Gasteiger partial charge < -0.3 is 0 Å². The van der Waals surface area contributed by atoms with Gasteiger partial charge in [-0.15, -0.1) is 0 Å². The number of benzene rings is 2. The molecule has 1 aliphatic carbocycles. The second-order valence-electron chi connectivity index (χ2n) is 6.85. The molecule has 0 fully saturated rings. The zero-order chi connectivity index (χ0) is 26.6. The Hall–Kier alpha value is -5.80. The predicted octanol–water partition coefficient (Wildman–Crippen LogP) is 3.31. The van der Waals surface area contributed by atoms with Gasteiger partial charge in [-0.05, 0) is 24.3 Å². The highest BCUT2D eigenvalue weighted by Crippen LogP contribution is 2.24. The van der Waals surface area contributed by atoms with Crippen molar-refractivity contribution >= 4 is 46.0 Å². The van der Waals surface area contributed by atoms with Crippen LogP contribution in [0, 0.1) is 40.5 Å². The van der Waals surface area contributed by atoms with Gasteiger partial charge in [-0.1, -0.05) is 0 Å². The molecule has 0 spiro atoms. The topological polar surface area (TPSA) is 231 Å². The zero-order valence-electron chi connectivity index (χ0n) is 17.5. The summed E-state index contributed by atoms with van der Waals surface area (Å²) in [4.78, 5) is 72.5. The summed E-state index contributed by atoms with van der Waals surface area (Å²) in [7, 11) is 0. The van der Waals surface area contributed by atoms with Crippen LogP contribution in [-0.2, 0) is 0 Å². The number of nitrogens with zero attached hydrogens (tertiary/aromatic N) is 6. The highest BCUT2D eigenvalue weighted by Gasteiger charge is 2.21. The molecule has 0 aliphatic heterocycles. The van der Waals surface area contributed by atoms with Crippen LogP contribution in [0.15, 0.2) is 70.7 Å². The van der Waals surface area contributed by atoms with Crippen LogP contribution in [0.25, 0.3) is 0 Å². The van der Waals surface area contributed by atoms with Gasteiger partial charge in [0.2, 0.25) is 0 Å². The number of allylic oxidation sites excluding steroid dienone is 4. The molecule has 1 aliphatic rings. The predicted molar refractivity (Wildman–Crippen MR) is 121 cm³/mol. The maximum absolute atomic E-state index is 12.4. The van der Waals surface area contributed by atoms with Gasteiger partial charge >= 0.3 is 0 Å². The van der Waals surface area contributed by atoms with Gasteiger partial charge in [0.05, 0.1) is 54.4 Å². The first kappa shape index (κ1) is 24.8. The minimum absolute atomic E-state index is 0.0199. The molecule has 0 saturated carbocycles. The summed E-state index contributed by atoms with van der Waals surface area (Å²) in [6.07, 6.45) is 4.97. The largest absolute Gasteiger partial charge is 0.278 e. The van der Waals surface area contributed by atoms with Crippen LogP contribution in [-0.4, -0.2) is 42.9 Å². The molecule has 2 amide bonds. The quantitative estimate of drug-likeness (QED) is 0.323. The molecule has 0 bridgehead atoms. The van der Waals surface area contributed by atoms with Crippen LogP contribution >= 0.6 is 0 Å². The molecule has 0 atom stereocenters. The molecule has 180 valence electrons. The lowest BCUT2D eigenvalue weighted by Gasteiger charge is -2.03. The maximum Gasteiger partial charge on any atom is 0.278 e. The van der Waals surface area contributed by atoms with E-state index in [4.69, 9.17) is 0 Å². The lowest BCUT2D eigenvalue weighted by molar-refractivity contribution is -0.394. The van der Waals surface area contributed by atoms with Crippen molar-refractivity contribution in [2.24, 2.45) is 9.98 Å². The maximum atomic E-state index is 12.4. The number of hydrogen-bond acceptors (Lipinski definition) is 10. The average molecular weight is 494 g/mol. The van der Waals surface area contributed by atoms with Crippen LogP contribution in [0.5, 0.6) is 0 Å². The van der Waals surface area contributed by atoms with Crippen molar-refractivity contribution in [3.8, 4) is 0 Å². The number of aliphatic imine (C=N–C) groups is 2. The molecule has 0 N–H and O–H groups in total. The Kier molecular flexibility index (Phi) is 6.90. The van der Waals surface area contributed by atoms with Gasteiger partial charge in [0.25, 0.3) is 34.6 Å². The third-order valence-electron chi connectivity index (χ3n) is 4.45. The Morgan fingerprint density at radius 2 is 0.750 bits per heavy atom. The van der Waals surface area contributed by atoms with E-state index in [-0.39, 0.29) is 11.4 Å². The minimum Gasteiger partial charge on any atom is -0.267 e.